The second kappa shape index (κ2) is 6.35. The average molecular weight is 282 g/mol. The lowest BCUT2D eigenvalue weighted by Crippen LogP contribution is -2.30. The first-order valence-electron chi connectivity index (χ1n) is 6.41. The van der Waals surface area contributed by atoms with E-state index >= 15 is 0 Å². The molecule has 0 spiro atoms. The summed E-state index contributed by atoms with van der Waals surface area (Å²) in [5, 5.41) is 29.7. The van der Waals surface area contributed by atoms with Gasteiger partial charge in [-0.25, -0.2) is 0 Å². The van der Waals surface area contributed by atoms with Crippen LogP contribution >= 0.6 is 0 Å². The van der Waals surface area contributed by atoms with E-state index in [1.807, 2.05) is 6.92 Å². The summed E-state index contributed by atoms with van der Waals surface area (Å²) in [4.78, 5) is 11.4. The molecular formula is C15H22O5. The van der Waals surface area contributed by atoms with Crippen LogP contribution in [0.15, 0.2) is 12.1 Å². The molecule has 0 radical (unpaired) electrons. The Labute approximate surface area is 118 Å². The van der Waals surface area contributed by atoms with Crippen LogP contribution in [0, 0.1) is 6.92 Å². The predicted molar refractivity (Wildman–Crippen MR) is 74.1 cm³/mol. The van der Waals surface area contributed by atoms with Gasteiger partial charge >= 0.3 is 5.97 Å². The molecule has 0 aliphatic heterocycles. The first-order valence-corrected chi connectivity index (χ1v) is 6.41. The zero-order valence-corrected chi connectivity index (χ0v) is 12.3. The standard InChI is InChI=1S/C15H22O5/c1-9-5-10(7-13(17)20-4)12(8-16)11(6-9)14(18)15(2,3)19/h5-6,14,16,18-19H,7-8H2,1-4H3. The third kappa shape index (κ3) is 3.79. The van der Waals surface area contributed by atoms with Crippen molar-refractivity contribution in [1.29, 1.82) is 0 Å². The third-order valence-electron chi connectivity index (χ3n) is 3.21. The molecule has 5 heteroatoms. The van der Waals surface area contributed by atoms with Crippen LogP contribution in [0.3, 0.4) is 0 Å². The summed E-state index contributed by atoms with van der Waals surface area (Å²) < 4.78 is 4.63. The molecule has 0 aliphatic carbocycles. The molecule has 1 aromatic rings. The van der Waals surface area contributed by atoms with Gasteiger partial charge in [-0.2, -0.15) is 0 Å². The van der Waals surface area contributed by atoms with Crippen LogP contribution in [-0.4, -0.2) is 34.0 Å². The van der Waals surface area contributed by atoms with E-state index in [0.717, 1.165) is 5.56 Å². The van der Waals surface area contributed by atoms with E-state index < -0.39 is 17.7 Å². The number of hydrogen-bond donors (Lipinski definition) is 3. The number of rotatable bonds is 5. The Morgan fingerprint density at radius 2 is 2.00 bits per heavy atom. The summed E-state index contributed by atoms with van der Waals surface area (Å²) in [7, 11) is 1.29. The van der Waals surface area contributed by atoms with Crippen molar-refractivity contribution in [2.75, 3.05) is 7.11 Å². The molecule has 0 aromatic heterocycles. The largest absolute Gasteiger partial charge is 0.469 e. The fourth-order valence-corrected chi connectivity index (χ4v) is 2.12. The number of hydrogen-bond acceptors (Lipinski definition) is 5. The Morgan fingerprint density at radius 1 is 1.40 bits per heavy atom. The highest BCUT2D eigenvalue weighted by Crippen LogP contribution is 2.31. The smallest absolute Gasteiger partial charge is 0.309 e. The van der Waals surface area contributed by atoms with Crippen molar-refractivity contribution >= 4 is 5.97 Å². The number of ether oxygens (including phenoxy) is 1. The van der Waals surface area contributed by atoms with E-state index in [0.29, 0.717) is 16.7 Å². The maximum Gasteiger partial charge on any atom is 0.309 e. The monoisotopic (exact) mass is 282 g/mol. The molecule has 1 atom stereocenters. The Hall–Kier alpha value is -1.43. The quantitative estimate of drug-likeness (QED) is 0.702. The Morgan fingerprint density at radius 3 is 2.45 bits per heavy atom. The summed E-state index contributed by atoms with van der Waals surface area (Å²) in [5.74, 6) is -0.422. The SMILES string of the molecule is COC(=O)Cc1cc(C)cc(C(O)C(C)(C)O)c1CO. The number of carbonyl (C=O) groups excluding carboxylic acids is 1. The number of aliphatic hydroxyl groups is 3. The lowest BCUT2D eigenvalue weighted by atomic mass is 9.87. The van der Waals surface area contributed by atoms with Gasteiger partial charge in [-0.1, -0.05) is 17.7 Å². The molecule has 20 heavy (non-hydrogen) atoms. The van der Waals surface area contributed by atoms with Gasteiger partial charge in [0.05, 0.1) is 25.7 Å². The number of esters is 1. The van der Waals surface area contributed by atoms with Crippen LogP contribution in [0.5, 0.6) is 0 Å². The molecule has 0 bridgehead atoms. The van der Waals surface area contributed by atoms with Gasteiger partial charge in [0, 0.05) is 0 Å². The summed E-state index contributed by atoms with van der Waals surface area (Å²) in [6.07, 6.45) is -1.14. The highest BCUT2D eigenvalue weighted by atomic mass is 16.5. The fraction of sp³-hybridized carbons (Fsp3) is 0.533. The van der Waals surface area contributed by atoms with Crippen molar-refractivity contribution in [2.45, 2.75) is 45.5 Å². The number of carbonyl (C=O) groups is 1. The first-order chi connectivity index (χ1) is 9.20. The van der Waals surface area contributed by atoms with Gasteiger partial charge in [-0.15, -0.1) is 0 Å². The topological polar surface area (TPSA) is 87.0 Å². The number of benzene rings is 1. The number of aliphatic hydroxyl groups excluding tert-OH is 2. The van der Waals surface area contributed by atoms with Crippen molar-refractivity contribution in [3.8, 4) is 0 Å². The molecule has 1 aromatic carbocycles. The van der Waals surface area contributed by atoms with E-state index in [4.69, 9.17) is 0 Å². The number of methoxy groups -OCH3 is 1. The van der Waals surface area contributed by atoms with Gasteiger partial charge in [0.1, 0.15) is 6.10 Å². The van der Waals surface area contributed by atoms with Crippen LogP contribution in [0.2, 0.25) is 0 Å². The summed E-state index contributed by atoms with van der Waals surface area (Å²) in [6.45, 7) is 4.47. The van der Waals surface area contributed by atoms with E-state index in [-0.39, 0.29) is 13.0 Å². The highest BCUT2D eigenvalue weighted by Gasteiger charge is 2.29. The normalized spacial score (nSPS) is 13.2. The summed E-state index contributed by atoms with van der Waals surface area (Å²) >= 11 is 0. The maximum atomic E-state index is 11.4. The Balaban J connectivity index is 3.34. The van der Waals surface area contributed by atoms with Crippen LogP contribution < -0.4 is 0 Å². The van der Waals surface area contributed by atoms with Crippen molar-refractivity contribution in [3.63, 3.8) is 0 Å². The zero-order chi connectivity index (χ0) is 15.5. The van der Waals surface area contributed by atoms with Crippen LogP contribution in [0.25, 0.3) is 0 Å². The van der Waals surface area contributed by atoms with Gasteiger partial charge in [0.2, 0.25) is 0 Å². The van der Waals surface area contributed by atoms with Gasteiger partial charge in [0.25, 0.3) is 0 Å². The third-order valence-corrected chi connectivity index (χ3v) is 3.21. The highest BCUT2D eigenvalue weighted by molar-refractivity contribution is 5.73. The van der Waals surface area contributed by atoms with Gasteiger partial charge in [0.15, 0.2) is 0 Å². The van der Waals surface area contributed by atoms with E-state index in [2.05, 4.69) is 4.74 Å². The molecule has 0 fully saturated rings. The van der Waals surface area contributed by atoms with Crippen molar-refractivity contribution < 1.29 is 24.9 Å². The fourth-order valence-electron chi connectivity index (χ4n) is 2.12. The molecule has 0 aliphatic rings. The second-order valence-electron chi connectivity index (χ2n) is 5.46. The van der Waals surface area contributed by atoms with Crippen molar-refractivity contribution in [2.24, 2.45) is 0 Å². The molecular weight excluding hydrogens is 260 g/mol. The molecule has 5 nitrogen and oxygen atoms in total. The molecule has 0 saturated heterocycles. The van der Waals surface area contributed by atoms with Gasteiger partial charge < -0.3 is 20.1 Å². The Bertz CT molecular complexity index is 488. The van der Waals surface area contributed by atoms with Crippen LogP contribution in [0.1, 0.15) is 42.2 Å². The summed E-state index contributed by atoms with van der Waals surface area (Å²) in [5.41, 5.74) is 0.965. The minimum atomic E-state index is -1.35. The predicted octanol–water partition coefficient (Wildman–Crippen LogP) is 1.01. The molecule has 0 saturated carbocycles. The van der Waals surface area contributed by atoms with Crippen LogP contribution in [0.4, 0.5) is 0 Å². The molecule has 0 amide bonds. The molecule has 112 valence electrons. The van der Waals surface area contributed by atoms with E-state index in [9.17, 15) is 20.1 Å². The van der Waals surface area contributed by atoms with Crippen LogP contribution in [-0.2, 0) is 22.6 Å². The lowest BCUT2D eigenvalue weighted by molar-refractivity contribution is -0.139. The molecule has 3 N–H and O–H groups in total. The second-order valence-corrected chi connectivity index (χ2v) is 5.46. The maximum absolute atomic E-state index is 11.4. The van der Waals surface area contributed by atoms with E-state index in [1.165, 1.54) is 21.0 Å². The average Bonchev–Trinajstić information content (AvgIpc) is 2.35. The lowest BCUT2D eigenvalue weighted by Gasteiger charge is -2.27. The summed E-state index contributed by atoms with van der Waals surface area (Å²) in [6, 6.07) is 3.47. The van der Waals surface area contributed by atoms with Gasteiger partial charge in [-0.05, 0) is 37.5 Å². The Kier molecular flexibility index (Phi) is 5.28. The van der Waals surface area contributed by atoms with Gasteiger partial charge in [-0.3, -0.25) is 4.79 Å². The van der Waals surface area contributed by atoms with Crippen molar-refractivity contribution in [3.05, 3.63) is 34.4 Å². The van der Waals surface area contributed by atoms with Crippen molar-refractivity contribution in [1.82, 2.24) is 0 Å². The first kappa shape index (κ1) is 16.6. The number of aryl methyl sites for hydroxylation is 1. The molecule has 1 rings (SSSR count). The minimum absolute atomic E-state index is 0.0135. The molecule has 1 unspecified atom stereocenters. The minimum Gasteiger partial charge on any atom is -0.469 e. The van der Waals surface area contributed by atoms with E-state index in [1.54, 1.807) is 12.1 Å². The zero-order valence-electron chi connectivity index (χ0n) is 12.3. The molecule has 0 heterocycles.